The van der Waals surface area contributed by atoms with Crippen LogP contribution in [-0.2, 0) is 0 Å². The van der Waals surface area contributed by atoms with Crippen molar-refractivity contribution < 1.29 is 4.39 Å². The minimum atomic E-state index is -0.194. The first kappa shape index (κ1) is 10.9. The Labute approximate surface area is 95.5 Å². The summed E-state index contributed by atoms with van der Waals surface area (Å²) in [4.78, 5) is 2.94. The highest BCUT2D eigenvalue weighted by Gasteiger charge is 2.22. The number of fused-ring (bicyclic) bond motifs is 1. The fourth-order valence-corrected chi connectivity index (χ4v) is 2.87. The molecule has 1 aromatic rings. The summed E-state index contributed by atoms with van der Waals surface area (Å²) in [5.41, 5.74) is 1.44. The van der Waals surface area contributed by atoms with Crippen molar-refractivity contribution >= 4 is 30.8 Å². The molecule has 1 aromatic carbocycles. The summed E-state index contributed by atoms with van der Waals surface area (Å²) in [6.07, 6.45) is 0. The van der Waals surface area contributed by atoms with E-state index in [0.717, 1.165) is 22.9 Å². The Morgan fingerprint density at radius 3 is 2.87 bits per heavy atom. The Morgan fingerprint density at radius 1 is 1.47 bits per heavy atom. The van der Waals surface area contributed by atoms with E-state index in [0.29, 0.717) is 11.5 Å². The SMILES string of the molecule is [B]c1cc(F)c2c(c1)N(C(C)C)CCS2. The molecule has 1 aliphatic heterocycles. The number of benzene rings is 1. The fourth-order valence-electron chi connectivity index (χ4n) is 1.86. The lowest BCUT2D eigenvalue weighted by Crippen LogP contribution is -2.36. The number of nitrogens with zero attached hydrogens (tertiary/aromatic N) is 1. The van der Waals surface area contributed by atoms with Gasteiger partial charge in [-0.05, 0) is 26.0 Å². The average Bonchev–Trinajstić information content (AvgIpc) is 2.16. The zero-order valence-electron chi connectivity index (χ0n) is 8.96. The van der Waals surface area contributed by atoms with Crippen LogP contribution in [0.3, 0.4) is 0 Å². The van der Waals surface area contributed by atoms with Gasteiger partial charge in [-0.3, -0.25) is 0 Å². The molecule has 15 heavy (non-hydrogen) atoms. The van der Waals surface area contributed by atoms with Gasteiger partial charge in [0.15, 0.2) is 0 Å². The molecule has 1 aliphatic rings. The van der Waals surface area contributed by atoms with Crippen molar-refractivity contribution in [1.29, 1.82) is 0 Å². The molecule has 1 nitrogen and oxygen atoms in total. The lowest BCUT2D eigenvalue weighted by atomic mass is 9.95. The highest BCUT2D eigenvalue weighted by atomic mass is 32.2. The molecule has 0 unspecified atom stereocenters. The van der Waals surface area contributed by atoms with Gasteiger partial charge in [-0.2, -0.15) is 0 Å². The monoisotopic (exact) mass is 221 g/mol. The number of thioether (sulfide) groups is 1. The molecule has 0 N–H and O–H groups in total. The summed E-state index contributed by atoms with van der Waals surface area (Å²) in [6, 6.07) is 3.64. The van der Waals surface area contributed by atoms with Crippen LogP contribution in [0.1, 0.15) is 13.8 Å². The van der Waals surface area contributed by atoms with E-state index >= 15 is 0 Å². The molecule has 0 saturated carbocycles. The van der Waals surface area contributed by atoms with Crippen molar-refractivity contribution in [1.82, 2.24) is 0 Å². The first-order valence-electron chi connectivity index (χ1n) is 5.08. The van der Waals surface area contributed by atoms with Crippen molar-refractivity contribution in [3.05, 3.63) is 17.9 Å². The fraction of sp³-hybridized carbons (Fsp3) is 0.455. The molecule has 2 radical (unpaired) electrons. The van der Waals surface area contributed by atoms with E-state index in [9.17, 15) is 4.39 Å². The van der Waals surface area contributed by atoms with Gasteiger partial charge in [0.25, 0.3) is 0 Å². The van der Waals surface area contributed by atoms with Crippen LogP contribution < -0.4 is 10.4 Å². The molecule has 0 bridgehead atoms. The molecule has 0 saturated heterocycles. The van der Waals surface area contributed by atoms with Crippen molar-refractivity contribution in [3.63, 3.8) is 0 Å². The Morgan fingerprint density at radius 2 is 2.20 bits per heavy atom. The van der Waals surface area contributed by atoms with Crippen LogP contribution >= 0.6 is 11.8 Å². The maximum absolute atomic E-state index is 13.6. The third-order valence-corrected chi connectivity index (χ3v) is 3.64. The van der Waals surface area contributed by atoms with Gasteiger partial charge in [0.05, 0.1) is 10.6 Å². The number of rotatable bonds is 1. The van der Waals surface area contributed by atoms with Gasteiger partial charge in [-0.1, -0.05) is 5.46 Å². The maximum atomic E-state index is 13.6. The number of hydrogen-bond donors (Lipinski definition) is 0. The molecule has 0 aromatic heterocycles. The second-order valence-electron chi connectivity index (χ2n) is 3.99. The predicted molar refractivity (Wildman–Crippen MR) is 65.0 cm³/mol. The molecule has 0 atom stereocenters. The third kappa shape index (κ3) is 2.00. The molecule has 0 aliphatic carbocycles. The lowest BCUT2D eigenvalue weighted by Gasteiger charge is -2.34. The minimum Gasteiger partial charge on any atom is -0.367 e. The highest BCUT2D eigenvalue weighted by Crippen LogP contribution is 2.36. The molecule has 0 spiro atoms. The van der Waals surface area contributed by atoms with E-state index in [-0.39, 0.29) is 5.82 Å². The van der Waals surface area contributed by atoms with Crippen LogP contribution in [0, 0.1) is 5.82 Å². The Bertz CT molecular complexity index is 381. The summed E-state index contributed by atoms with van der Waals surface area (Å²) in [6.45, 7) is 5.18. The second kappa shape index (κ2) is 4.09. The number of anilines is 1. The number of halogens is 1. The largest absolute Gasteiger partial charge is 0.367 e. The molecule has 1 heterocycles. The van der Waals surface area contributed by atoms with E-state index in [2.05, 4.69) is 18.7 Å². The zero-order chi connectivity index (χ0) is 11.0. The van der Waals surface area contributed by atoms with E-state index < -0.39 is 0 Å². The van der Waals surface area contributed by atoms with E-state index in [4.69, 9.17) is 7.85 Å². The molecule has 4 heteroatoms. The Balaban J connectivity index is 2.50. The predicted octanol–water partition coefficient (Wildman–Crippen LogP) is 1.94. The van der Waals surface area contributed by atoms with Crippen molar-refractivity contribution in [2.75, 3.05) is 17.2 Å². The first-order chi connectivity index (χ1) is 7.09. The highest BCUT2D eigenvalue weighted by molar-refractivity contribution is 7.99. The smallest absolute Gasteiger partial charge is 0.138 e. The second-order valence-corrected chi connectivity index (χ2v) is 5.09. The van der Waals surface area contributed by atoms with Crippen molar-refractivity contribution in [3.8, 4) is 0 Å². The standard InChI is InChI=1S/C11H13BFNS/c1-7(2)14-3-4-15-11-9(13)5-8(12)6-10(11)14/h5-7H,3-4H2,1-2H3. The van der Waals surface area contributed by atoms with Crippen LogP contribution in [-0.4, -0.2) is 26.2 Å². The molecule has 0 fully saturated rings. The average molecular weight is 221 g/mol. The molecular weight excluding hydrogens is 208 g/mol. The molecule has 0 amide bonds. The van der Waals surface area contributed by atoms with Crippen LogP contribution in [0.4, 0.5) is 10.1 Å². The summed E-state index contributed by atoms with van der Waals surface area (Å²) in [5, 5.41) is 0. The normalized spacial score (nSPS) is 15.6. The minimum absolute atomic E-state index is 0.194. The quantitative estimate of drug-likeness (QED) is 0.666. The zero-order valence-corrected chi connectivity index (χ0v) is 9.77. The van der Waals surface area contributed by atoms with Gasteiger partial charge in [0, 0.05) is 18.3 Å². The van der Waals surface area contributed by atoms with Gasteiger partial charge in [0.2, 0.25) is 0 Å². The van der Waals surface area contributed by atoms with Crippen LogP contribution in [0.5, 0.6) is 0 Å². The first-order valence-corrected chi connectivity index (χ1v) is 6.06. The van der Waals surface area contributed by atoms with Crippen LogP contribution in [0.15, 0.2) is 17.0 Å². The topological polar surface area (TPSA) is 3.24 Å². The lowest BCUT2D eigenvalue weighted by molar-refractivity contribution is 0.594. The Kier molecular flexibility index (Phi) is 2.96. The third-order valence-electron chi connectivity index (χ3n) is 2.56. The summed E-state index contributed by atoms with van der Waals surface area (Å²) >= 11 is 1.57. The number of hydrogen-bond acceptors (Lipinski definition) is 2. The van der Waals surface area contributed by atoms with Crippen molar-refractivity contribution in [2.45, 2.75) is 24.8 Å². The van der Waals surface area contributed by atoms with E-state index in [1.165, 1.54) is 6.07 Å². The van der Waals surface area contributed by atoms with E-state index in [1.54, 1.807) is 11.8 Å². The van der Waals surface area contributed by atoms with Crippen LogP contribution in [0.25, 0.3) is 0 Å². The molecular formula is C11H13BFNS. The van der Waals surface area contributed by atoms with Gasteiger partial charge >= 0.3 is 0 Å². The Hall–Kier alpha value is -0.635. The maximum Gasteiger partial charge on any atom is 0.138 e. The molecule has 78 valence electrons. The molecule has 2 rings (SSSR count). The van der Waals surface area contributed by atoms with Crippen molar-refractivity contribution in [2.24, 2.45) is 0 Å². The van der Waals surface area contributed by atoms with Gasteiger partial charge in [-0.15, -0.1) is 11.8 Å². The van der Waals surface area contributed by atoms with Gasteiger partial charge in [-0.25, -0.2) is 4.39 Å². The van der Waals surface area contributed by atoms with Crippen LogP contribution in [0.2, 0.25) is 0 Å². The van der Waals surface area contributed by atoms with Gasteiger partial charge < -0.3 is 4.90 Å². The van der Waals surface area contributed by atoms with E-state index in [1.807, 2.05) is 6.07 Å². The summed E-state index contributed by atoms with van der Waals surface area (Å²) < 4.78 is 13.6. The van der Waals surface area contributed by atoms with Gasteiger partial charge in [0.1, 0.15) is 13.7 Å². The summed E-state index contributed by atoms with van der Waals surface area (Å²) in [7, 11) is 5.67. The summed E-state index contributed by atoms with van der Waals surface area (Å²) in [5.74, 6) is 0.742.